The summed E-state index contributed by atoms with van der Waals surface area (Å²) in [4.78, 5) is 15.0. The first-order valence-electron chi connectivity index (χ1n) is 10.4. The van der Waals surface area contributed by atoms with Gasteiger partial charge in [0.25, 0.3) is 5.91 Å². The molecule has 8 heteroatoms. The van der Waals surface area contributed by atoms with E-state index in [0.29, 0.717) is 19.6 Å². The predicted octanol–water partition coefficient (Wildman–Crippen LogP) is 3.65. The molecule has 2 aliphatic heterocycles. The van der Waals surface area contributed by atoms with Crippen LogP contribution in [0.4, 0.5) is 5.69 Å². The summed E-state index contributed by atoms with van der Waals surface area (Å²) >= 11 is 6.16. The Kier molecular flexibility index (Phi) is 6.32. The highest BCUT2D eigenvalue weighted by Crippen LogP contribution is 2.28. The number of nitrogens with one attached hydrogen (secondary N) is 1. The van der Waals surface area contributed by atoms with E-state index in [0.717, 1.165) is 31.5 Å². The van der Waals surface area contributed by atoms with Crippen LogP contribution >= 0.6 is 11.6 Å². The normalized spacial score (nSPS) is 17.4. The van der Waals surface area contributed by atoms with Crippen molar-refractivity contribution < 1.29 is 13.2 Å². The van der Waals surface area contributed by atoms with Crippen LogP contribution < -0.4 is 10.2 Å². The van der Waals surface area contributed by atoms with Gasteiger partial charge in [-0.3, -0.25) is 4.79 Å². The molecule has 1 amide bonds. The van der Waals surface area contributed by atoms with Gasteiger partial charge in [0.2, 0.25) is 10.0 Å². The van der Waals surface area contributed by atoms with Crippen molar-refractivity contribution in [2.75, 3.05) is 31.1 Å². The second-order valence-electron chi connectivity index (χ2n) is 7.80. The molecule has 0 atom stereocenters. The Bertz CT molecular complexity index is 1010. The first kappa shape index (κ1) is 21.2. The van der Waals surface area contributed by atoms with Gasteiger partial charge in [0.05, 0.1) is 5.02 Å². The molecular weight excluding hydrogens is 422 g/mol. The van der Waals surface area contributed by atoms with Crippen LogP contribution in [0.1, 0.15) is 41.6 Å². The van der Waals surface area contributed by atoms with Crippen LogP contribution in [0.2, 0.25) is 5.02 Å². The van der Waals surface area contributed by atoms with Crippen molar-refractivity contribution >= 4 is 33.2 Å². The Morgan fingerprint density at radius 3 is 2.23 bits per heavy atom. The van der Waals surface area contributed by atoms with Crippen molar-refractivity contribution in [1.29, 1.82) is 0 Å². The third-order valence-corrected chi connectivity index (χ3v) is 8.12. The molecule has 30 heavy (non-hydrogen) atoms. The number of rotatable bonds is 6. The van der Waals surface area contributed by atoms with Gasteiger partial charge in [0, 0.05) is 44.0 Å². The molecule has 0 saturated carbocycles. The maximum atomic E-state index is 12.9. The van der Waals surface area contributed by atoms with Gasteiger partial charge < -0.3 is 10.2 Å². The van der Waals surface area contributed by atoms with Crippen molar-refractivity contribution in [2.45, 2.75) is 37.1 Å². The zero-order valence-corrected chi connectivity index (χ0v) is 18.4. The fraction of sp³-hybridized carbons (Fsp3) is 0.409. The summed E-state index contributed by atoms with van der Waals surface area (Å²) in [5.41, 5.74) is 2.48. The molecule has 0 spiro atoms. The summed E-state index contributed by atoms with van der Waals surface area (Å²) in [7, 11) is -3.69. The first-order valence-corrected chi connectivity index (χ1v) is 12.2. The van der Waals surface area contributed by atoms with E-state index in [-0.39, 0.29) is 21.4 Å². The summed E-state index contributed by atoms with van der Waals surface area (Å²) in [6.45, 7) is 3.53. The number of hydrogen-bond donors (Lipinski definition) is 1. The van der Waals surface area contributed by atoms with E-state index in [1.54, 1.807) is 6.07 Å². The minimum atomic E-state index is -3.69. The molecule has 0 bridgehead atoms. The Morgan fingerprint density at radius 2 is 1.57 bits per heavy atom. The number of nitrogens with zero attached hydrogens (tertiary/aromatic N) is 2. The molecule has 2 fully saturated rings. The molecular formula is C22H26ClN3O3S. The van der Waals surface area contributed by atoms with Gasteiger partial charge in [-0.1, -0.05) is 23.7 Å². The van der Waals surface area contributed by atoms with E-state index >= 15 is 0 Å². The third-order valence-electron chi connectivity index (χ3n) is 5.74. The molecule has 1 N–H and O–H groups in total. The minimum absolute atomic E-state index is 0.00585. The second-order valence-corrected chi connectivity index (χ2v) is 10.1. The van der Waals surface area contributed by atoms with Gasteiger partial charge in [-0.05, 0) is 61.6 Å². The fourth-order valence-electron chi connectivity index (χ4n) is 3.99. The van der Waals surface area contributed by atoms with E-state index in [2.05, 4.69) is 22.3 Å². The summed E-state index contributed by atoms with van der Waals surface area (Å²) < 4.78 is 27.1. The Balaban J connectivity index is 1.43. The third kappa shape index (κ3) is 4.48. The maximum absolute atomic E-state index is 12.9. The number of hydrogen-bond acceptors (Lipinski definition) is 4. The number of benzene rings is 2. The fourth-order valence-corrected chi connectivity index (χ4v) is 6.01. The quantitative estimate of drug-likeness (QED) is 0.733. The number of halogens is 1. The SMILES string of the molecule is O=C(NCc1ccc(N2CCCC2)cc1)c1ccc(Cl)c(S(=O)(=O)N2CCCC2)c1. The van der Waals surface area contributed by atoms with E-state index < -0.39 is 10.0 Å². The second kappa shape index (κ2) is 8.96. The van der Waals surface area contributed by atoms with Gasteiger partial charge in [-0.15, -0.1) is 0 Å². The molecule has 6 nitrogen and oxygen atoms in total. The number of amides is 1. The van der Waals surface area contributed by atoms with Gasteiger partial charge in [0.15, 0.2) is 0 Å². The van der Waals surface area contributed by atoms with E-state index in [1.165, 1.54) is 35.0 Å². The molecule has 0 aliphatic carbocycles. The van der Waals surface area contributed by atoms with E-state index in [9.17, 15) is 13.2 Å². The maximum Gasteiger partial charge on any atom is 0.251 e. The smallest absolute Gasteiger partial charge is 0.251 e. The lowest BCUT2D eigenvalue weighted by Crippen LogP contribution is -2.29. The van der Waals surface area contributed by atoms with Crippen molar-refractivity contribution in [1.82, 2.24) is 9.62 Å². The number of carbonyl (C=O) groups excluding carboxylic acids is 1. The Labute approximate surface area is 182 Å². The summed E-state index contributed by atoms with van der Waals surface area (Å²) in [5, 5.41) is 3.00. The molecule has 0 radical (unpaired) electrons. The van der Waals surface area contributed by atoms with Crippen molar-refractivity contribution in [3.05, 3.63) is 58.6 Å². The topological polar surface area (TPSA) is 69.7 Å². The molecule has 2 heterocycles. The molecule has 160 valence electrons. The highest BCUT2D eigenvalue weighted by Gasteiger charge is 2.29. The van der Waals surface area contributed by atoms with Crippen molar-refractivity contribution in [3.8, 4) is 0 Å². The first-order chi connectivity index (χ1) is 14.4. The lowest BCUT2D eigenvalue weighted by atomic mass is 10.1. The van der Waals surface area contributed by atoms with Crippen LogP contribution in [0.25, 0.3) is 0 Å². The highest BCUT2D eigenvalue weighted by molar-refractivity contribution is 7.89. The lowest BCUT2D eigenvalue weighted by molar-refractivity contribution is 0.0950. The Morgan fingerprint density at radius 1 is 0.933 bits per heavy atom. The standard InChI is InChI=1S/C22H26ClN3O3S/c23-20-10-7-18(15-21(20)30(28,29)26-13-3-4-14-26)22(27)24-16-17-5-8-19(9-6-17)25-11-1-2-12-25/h5-10,15H,1-4,11-14,16H2,(H,24,27). The largest absolute Gasteiger partial charge is 0.372 e. The average Bonchev–Trinajstić information content (AvgIpc) is 3.47. The van der Waals surface area contributed by atoms with Crippen molar-refractivity contribution in [3.63, 3.8) is 0 Å². The molecule has 2 aromatic rings. The van der Waals surface area contributed by atoms with Gasteiger partial charge in [-0.2, -0.15) is 4.31 Å². The van der Waals surface area contributed by atoms with Crippen molar-refractivity contribution in [2.24, 2.45) is 0 Å². The molecule has 2 aliphatic rings. The summed E-state index contributed by atoms with van der Waals surface area (Å²) in [6.07, 6.45) is 4.14. The molecule has 4 rings (SSSR count). The zero-order valence-electron chi connectivity index (χ0n) is 16.8. The Hall–Kier alpha value is -2.09. The van der Waals surface area contributed by atoms with Gasteiger partial charge in [-0.25, -0.2) is 8.42 Å². The van der Waals surface area contributed by atoms with Gasteiger partial charge in [0.1, 0.15) is 4.90 Å². The molecule has 2 aromatic carbocycles. The van der Waals surface area contributed by atoms with E-state index in [1.807, 2.05) is 12.1 Å². The monoisotopic (exact) mass is 447 g/mol. The summed E-state index contributed by atoms with van der Waals surface area (Å²) in [6, 6.07) is 12.6. The number of anilines is 1. The van der Waals surface area contributed by atoms with Crippen LogP contribution in [0, 0.1) is 0 Å². The van der Waals surface area contributed by atoms with Crippen LogP contribution in [-0.2, 0) is 16.6 Å². The van der Waals surface area contributed by atoms with Gasteiger partial charge >= 0.3 is 0 Å². The average molecular weight is 448 g/mol. The predicted molar refractivity (Wildman–Crippen MR) is 119 cm³/mol. The minimum Gasteiger partial charge on any atom is -0.372 e. The molecule has 0 aromatic heterocycles. The van der Waals surface area contributed by atoms with Crippen LogP contribution in [0.3, 0.4) is 0 Å². The van der Waals surface area contributed by atoms with Crippen LogP contribution in [-0.4, -0.2) is 44.8 Å². The summed E-state index contributed by atoms with van der Waals surface area (Å²) in [5.74, 6) is -0.326. The van der Waals surface area contributed by atoms with Crippen LogP contribution in [0.15, 0.2) is 47.4 Å². The highest BCUT2D eigenvalue weighted by atomic mass is 35.5. The number of carbonyl (C=O) groups is 1. The zero-order chi connectivity index (χ0) is 21.1. The van der Waals surface area contributed by atoms with E-state index in [4.69, 9.17) is 11.6 Å². The van der Waals surface area contributed by atoms with Crippen LogP contribution in [0.5, 0.6) is 0 Å². The lowest BCUT2D eigenvalue weighted by Gasteiger charge is -2.18. The number of sulfonamides is 1. The molecule has 0 unspecified atom stereocenters. The molecule has 2 saturated heterocycles.